The number of hydrogen-bond acceptors (Lipinski definition) is 3. The number of carbonyl (C=O) groups excluding carboxylic acids is 2. The number of hydrogen-bond donors (Lipinski definition) is 1. The summed E-state index contributed by atoms with van der Waals surface area (Å²) in [7, 11) is 1.59. The van der Waals surface area contributed by atoms with Crippen molar-refractivity contribution in [3.63, 3.8) is 0 Å². The molecule has 1 N–H and O–H groups in total. The molecule has 1 aliphatic heterocycles. The first-order chi connectivity index (χ1) is 9.13. The number of benzene rings is 1. The maximum Gasteiger partial charge on any atom is 0.229 e. The molecular weight excluding hydrogens is 244 g/mol. The monoisotopic (exact) mass is 262 g/mol. The lowest BCUT2D eigenvalue weighted by atomic mass is 10.2. The van der Waals surface area contributed by atoms with Crippen LogP contribution in [0.3, 0.4) is 0 Å². The van der Waals surface area contributed by atoms with Crippen molar-refractivity contribution in [2.24, 2.45) is 0 Å². The Bertz CT molecular complexity index is 487. The summed E-state index contributed by atoms with van der Waals surface area (Å²) < 4.78 is 5.15. The van der Waals surface area contributed by atoms with Gasteiger partial charge in [-0.25, -0.2) is 0 Å². The van der Waals surface area contributed by atoms with E-state index in [1.807, 2.05) is 24.3 Å². The Morgan fingerprint density at radius 3 is 3.00 bits per heavy atom. The van der Waals surface area contributed by atoms with Crippen LogP contribution in [0.15, 0.2) is 24.3 Å². The van der Waals surface area contributed by atoms with Crippen molar-refractivity contribution in [3.05, 3.63) is 24.3 Å². The fourth-order valence-electron chi connectivity index (χ4n) is 2.16. The van der Waals surface area contributed by atoms with Gasteiger partial charge in [-0.15, -0.1) is 0 Å². The molecule has 5 nitrogen and oxygen atoms in total. The van der Waals surface area contributed by atoms with Gasteiger partial charge in [-0.2, -0.15) is 0 Å². The first kappa shape index (κ1) is 13.4. The minimum atomic E-state index is -0.105. The van der Waals surface area contributed by atoms with Gasteiger partial charge in [0, 0.05) is 31.1 Å². The third kappa shape index (κ3) is 3.05. The SMILES string of the molecule is CCC(=O)N[C@@H]1CC(=O)N(c2cccc(OC)c2)C1. The Hall–Kier alpha value is -2.04. The van der Waals surface area contributed by atoms with E-state index >= 15 is 0 Å². The van der Waals surface area contributed by atoms with Crippen LogP contribution < -0.4 is 15.0 Å². The Balaban J connectivity index is 2.08. The standard InChI is InChI=1S/C14H18N2O3/c1-3-13(17)15-10-7-14(18)16(9-10)11-5-4-6-12(8-11)19-2/h4-6,8,10H,3,7,9H2,1-2H3,(H,15,17)/t10-/m1/s1. The lowest BCUT2D eigenvalue weighted by Gasteiger charge is -2.17. The van der Waals surface area contributed by atoms with Crippen LogP contribution in [-0.4, -0.2) is 31.5 Å². The third-order valence-corrected chi connectivity index (χ3v) is 3.18. The van der Waals surface area contributed by atoms with Gasteiger partial charge in [0.05, 0.1) is 13.2 Å². The van der Waals surface area contributed by atoms with Gasteiger partial charge in [-0.1, -0.05) is 13.0 Å². The second-order valence-corrected chi connectivity index (χ2v) is 4.53. The van der Waals surface area contributed by atoms with Crippen molar-refractivity contribution in [2.75, 3.05) is 18.6 Å². The van der Waals surface area contributed by atoms with E-state index in [1.165, 1.54) is 0 Å². The Kier molecular flexibility index (Phi) is 4.04. The number of rotatable bonds is 4. The van der Waals surface area contributed by atoms with Crippen LogP contribution >= 0.6 is 0 Å². The molecule has 5 heteroatoms. The largest absolute Gasteiger partial charge is 0.497 e. The van der Waals surface area contributed by atoms with Crippen molar-refractivity contribution in [1.82, 2.24) is 5.32 Å². The number of anilines is 1. The van der Waals surface area contributed by atoms with E-state index in [2.05, 4.69) is 5.32 Å². The molecule has 2 rings (SSSR count). The predicted molar refractivity (Wildman–Crippen MR) is 72.2 cm³/mol. The van der Waals surface area contributed by atoms with Crippen LogP contribution in [0.1, 0.15) is 19.8 Å². The average Bonchev–Trinajstić information content (AvgIpc) is 2.79. The summed E-state index contributed by atoms with van der Waals surface area (Å²) in [5, 5.41) is 2.85. The third-order valence-electron chi connectivity index (χ3n) is 3.18. The number of amides is 2. The minimum Gasteiger partial charge on any atom is -0.497 e. The summed E-state index contributed by atoms with van der Waals surface area (Å²) in [4.78, 5) is 25.0. The Labute approximate surface area is 112 Å². The zero-order valence-electron chi connectivity index (χ0n) is 11.2. The smallest absolute Gasteiger partial charge is 0.229 e. The molecule has 2 amide bonds. The van der Waals surface area contributed by atoms with Crippen molar-refractivity contribution >= 4 is 17.5 Å². The predicted octanol–water partition coefficient (Wildman–Crippen LogP) is 1.33. The van der Waals surface area contributed by atoms with E-state index in [1.54, 1.807) is 18.9 Å². The maximum atomic E-state index is 12.0. The number of methoxy groups -OCH3 is 1. The van der Waals surface area contributed by atoms with Crippen LogP contribution in [0, 0.1) is 0 Å². The lowest BCUT2D eigenvalue weighted by Crippen LogP contribution is -2.36. The van der Waals surface area contributed by atoms with Gasteiger partial charge in [-0.3, -0.25) is 9.59 Å². The Morgan fingerprint density at radius 1 is 1.53 bits per heavy atom. The molecule has 1 fully saturated rings. The first-order valence-corrected chi connectivity index (χ1v) is 6.37. The van der Waals surface area contributed by atoms with E-state index in [0.29, 0.717) is 25.1 Å². The van der Waals surface area contributed by atoms with Crippen molar-refractivity contribution in [2.45, 2.75) is 25.8 Å². The van der Waals surface area contributed by atoms with Gasteiger partial charge in [0.15, 0.2) is 0 Å². The lowest BCUT2D eigenvalue weighted by molar-refractivity contribution is -0.121. The highest BCUT2D eigenvalue weighted by Gasteiger charge is 2.31. The molecule has 19 heavy (non-hydrogen) atoms. The van der Waals surface area contributed by atoms with E-state index in [-0.39, 0.29) is 17.9 Å². The fourth-order valence-corrected chi connectivity index (χ4v) is 2.16. The molecule has 102 valence electrons. The molecule has 0 unspecified atom stereocenters. The molecule has 1 atom stereocenters. The van der Waals surface area contributed by atoms with Gasteiger partial charge < -0.3 is 15.0 Å². The highest BCUT2D eigenvalue weighted by atomic mass is 16.5. The minimum absolute atomic E-state index is 0.0228. The van der Waals surface area contributed by atoms with E-state index in [0.717, 1.165) is 5.69 Å². The van der Waals surface area contributed by atoms with Gasteiger partial charge in [-0.05, 0) is 12.1 Å². The number of carbonyl (C=O) groups is 2. The Morgan fingerprint density at radius 2 is 2.32 bits per heavy atom. The summed E-state index contributed by atoms with van der Waals surface area (Å²) in [6, 6.07) is 7.26. The molecule has 0 aliphatic carbocycles. The van der Waals surface area contributed by atoms with Crippen molar-refractivity contribution in [1.29, 1.82) is 0 Å². The normalized spacial score (nSPS) is 18.5. The second-order valence-electron chi connectivity index (χ2n) is 4.53. The molecule has 1 aromatic carbocycles. The number of nitrogens with one attached hydrogen (secondary N) is 1. The zero-order valence-corrected chi connectivity index (χ0v) is 11.2. The van der Waals surface area contributed by atoms with Gasteiger partial charge >= 0.3 is 0 Å². The summed E-state index contributed by atoms with van der Waals surface area (Å²) in [6.45, 7) is 2.31. The highest BCUT2D eigenvalue weighted by molar-refractivity contribution is 5.97. The summed E-state index contributed by atoms with van der Waals surface area (Å²) >= 11 is 0. The van der Waals surface area contributed by atoms with Gasteiger partial charge in [0.1, 0.15) is 5.75 Å². The van der Waals surface area contributed by atoms with Crippen LogP contribution in [0.5, 0.6) is 5.75 Å². The van der Waals surface area contributed by atoms with Crippen molar-refractivity contribution < 1.29 is 14.3 Å². The van der Waals surface area contributed by atoms with E-state index < -0.39 is 0 Å². The van der Waals surface area contributed by atoms with E-state index in [4.69, 9.17) is 4.74 Å². The average molecular weight is 262 g/mol. The first-order valence-electron chi connectivity index (χ1n) is 6.37. The van der Waals surface area contributed by atoms with Gasteiger partial charge in [0.2, 0.25) is 11.8 Å². The molecule has 0 radical (unpaired) electrons. The molecule has 0 saturated carbocycles. The van der Waals surface area contributed by atoms with Crippen LogP contribution in [0.25, 0.3) is 0 Å². The molecule has 0 spiro atoms. The molecule has 1 saturated heterocycles. The fraction of sp³-hybridized carbons (Fsp3) is 0.429. The summed E-state index contributed by atoms with van der Waals surface area (Å²) in [6.07, 6.45) is 0.785. The second kappa shape index (κ2) is 5.73. The van der Waals surface area contributed by atoms with Crippen LogP contribution in [0.4, 0.5) is 5.69 Å². The number of nitrogens with zero attached hydrogens (tertiary/aromatic N) is 1. The number of ether oxygens (including phenoxy) is 1. The van der Waals surface area contributed by atoms with Crippen molar-refractivity contribution in [3.8, 4) is 5.75 Å². The van der Waals surface area contributed by atoms with Gasteiger partial charge in [0.25, 0.3) is 0 Å². The molecule has 1 heterocycles. The van der Waals surface area contributed by atoms with E-state index in [9.17, 15) is 9.59 Å². The molecular formula is C14H18N2O3. The quantitative estimate of drug-likeness (QED) is 0.890. The summed E-state index contributed by atoms with van der Waals surface area (Å²) in [5.41, 5.74) is 0.803. The van der Waals surface area contributed by atoms with Crippen LogP contribution in [-0.2, 0) is 9.59 Å². The summed E-state index contributed by atoms with van der Waals surface area (Å²) in [5.74, 6) is 0.714. The maximum absolute atomic E-state index is 12.0. The topological polar surface area (TPSA) is 58.6 Å². The zero-order chi connectivity index (χ0) is 13.8. The molecule has 1 aliphatic rings. The molecule has 1 aromatic rings. The highest BCUT2D eigenvalue weighted by Crippen LogP contribution is 2.25. The molecule has 0 bridgehead atoms. The molecule has 0 aromatic heterocycles. The van der Waals surface area contributed by atoms with Crippen LogP contribution in [0.2, 0.25) is 0 Å².